The zero-order valence-electron chi connectivity index (χ0n) is 16.4. The molecule has 29 heavy (non-hydrogen) atoms. The number of fused-ring (bicyclic) bond motifs is 2. The predicted octanol–water partition coefficient (Wildman–Crippen LogP) is 4.50. The van der Waals surface area contributed by atoms with Gasteiger partial charge in [0.05, 0.1) is 0 Å². The number of benzene rings is 2. The topological polar surface area (TPSA) is 40.6 Å². The van der Waals surface area contributed by atoms with Gasteiger partial charge in [0.15, 0.2) is 0 Å². The maximum Gasteiger partial charge on any atom is 0.254 e. The van der Waals surface area contributed by atoms with E-state index in [2.05, 4.69) is 4.90 Å². The molecule has 2 aromatic rings. The third-order valence-corrected chi connectivity index (χ3v) is 6.81. The predicted molar refractivity (Wildman–Crippen MR) is 109 cm³/mol. The second-order valence-electron chi connectivity index (χ2n) is 8.51. The van der Waals surface area contributed by atoms with Crippen molar-refractivity contribution in [3.63, 3.8) is 0 Å². The number of hydrogen-bond donors (Lipinski definition) is 0. The van der Waals surface area contributed by atoms with E-state index < -0.39 is 0 Å². The van der Waals surface area contributed by atoms with Crippen LogP contribution in [0.4, 0.5) is 10.1 Å². The molecule has 3 heterocycles. The number of rotatable bonds is 3. The maximum atomic E-state index is 13.2. The first-order chi connectivity index (χ1) is 14.1. The normalized spacial score (nSPS) is 26.2. The highest BCUT2D eigenvalue weighted by Gasteiger charge is 2.43. The second-order valence-corrected chi connectivity index (χ2v) is 8.51. The molecule has 0 N–H and O–H groups in total. The van der Waals surface area contributed by atoms with Crippen molar-refractivity contribution in [1.29, 1.82) is 0 Å². The van der Waals surface area contributed by atoms with Gasteiger partial charge in [-0.05, 0) is 80.0 Å². The number of halogens is 1. The van der Waals surface area contributed by atoms with Crippen molar-refractivity contribution in [3.8, 4) is 0 Å². The molecule has 4 nitrogen and oxygen atoms in total. The highest BCUT2D eigenvalue weighted by Crippen LogP contribution is 2.43. The lowest BCUT2D eigenvalue weighted by molar-refractivity contribution is -0.117. The molecular formula is C24H25FN2O2. The summed E-state index contributed by atoms with van der Waals surface area (Å²) >= 11 is 0. The summed E-state index contributed by atoms with van der Waals surface area (Å²) in [5.41, 5.74) is 2.75. The molecule has 150 valence electrons. The van der Waals surface area contributed by atoms with Crippen LogP contribution in [0.5, 0.6) is 0 Å². The summed E-state index contributed by atoms with van der Waals surface area (Å²) in [6.07, 6.45) is 5.45. The zero-order valence-corrected chi connectivity index (χ0v) is 16.4. The van der Waals surface area contributed by atoms with Crippen molar-refractivity contribution in [2.24, 2.45) is 0 Å². The van der Waals surface area contributed by atoms with Gasteiger partial charge < -0.3 is 9.80 Å². The molecule has 3 atom stereocenters. The van der Waals surface area contributed by atoms with Gasteiger partial charge in [-0.15, -0.1) is 0 Å². The smallest absolute Gasteiger partial charge is 0.254 e. The van der Waals surface area contributed by atoms with Crippen LogP contribution in [0.1, 0.15) is 60.4 Å². The van der Waals surface area contributed by atoms with Crippen molar-refractivity contribution < 1.29 is 14.0 Å². The molecule has 3 aliphatic rings. The molecule has 2 amide bonds. The van der Waals surface area contributed by atoms with E-state index in [0.717, 1.165) is 44.3 Å². The van der Waals surface area contributed by atoms with E-state index in [4.69, 9.17) is 0 Å². The molecule has 3 fully saturated rings. The minimum absolute atomic E-state index is 0.0920. The lowest BCUT2D eigenvalue weighted by Gasteiger charge is -2.39. The molecule has 3 saturated heterocycles. The summed E-state index contributed by atoms with van der Waals surface area (Å²) < 4.78 is 13.2. The zero-order chi connectivity index (χ0) is 20.0. The second kappa shape index (κ2) is 7.29. The van der Waals surface area contributed by atoms with E-state index >= 15 is 0 Å². The van der Waals surface area contributed by atoms with Gasteiger partial charge in [-0.1, -0.05) is 12.1 Å². The molecule has 0 unspecified atom stereocenters. The summed E-state index contributed by atoms with van der Waals surface area (Å²) in [7, 11) is 0. The van der Waals surface area contributed by atoms with E-state index in [9.17, 15) is 14.0 Å². The van der Waals surface area contributed by atoms with E-state index in [-0.39, 0.29) is 29.7 Å². The lowest BCUT2D eigenvalue weighted by Crippen LogP contribution is -2.46. The van der Waals surface area contributed by atoms with Crippen LogP contribution >= 0.6 is 0 Å². The fourth-order valence-corrected chi connectivity index (χ4v) is 5.37. The third-order valence-electron chi connectivity index (χ3n) is 6.81. The largest absolute Gasteiger partial charge is 0.333 e. The van der Waals surface area contributed by atoms with Crippen LogP contribution in [0.2, 0.25) is 0 Å². The molecule has 2 bridgehead atoms. The average molecular weight is 392 g/mol. The molecular weight excluding hydrogens is 367 g/mol. The molecule has 0 spiro atoms. The van der Waals surface area contributed by atoms with Gasteiger partial charge in [0.2, 0.25) is 5.91 Å². The molecule has 3 aliphatic heterocycles. The Labute approximate surface area is 170 Å². The van der Waals surface area contributed by atoms with Crippen LogP contribution < -0.4 is 4.90 Å². The fourth-order valence-electron chi connectivity index (χ4n) is 5.37. The van der Waals surface area contributed by atoms with E-state index in [0.29, 0.717) is 17.9 Å². The number of hydrogen-bond acceptors (Lipinski definition) is 2. The molecule has 0 aromatic heterocycles. The van der Waals surface area contributed by atoms with E-state index in [1.807, 2.05) is 36.4 Å². The standard InChI is InChI=1S/C24H25FN2O2/c25-19-7-3-16(4-8-19)18-14-21-11-12-22(15-18)27(21)24(29)17-5-9-20(10-6-17)26-13-1-2-23(26)28/h3-10,18,21-22H,1-2,11-15H2/t18-,21+,22-. The summed E-state index contributed by atoms with van der Waals surface area (Å²) in [4.78, 5) is 29.0. The Balaban J connectivity index is 1.31. The Bertz CT molecular complexity index is 911. The van der Waals surface area contributed by atoms with E-state index in [1.54, 1.807) is 4.90 Å². The van der Waals surface area contributed by atoms with Gasteiger partial charge in [-0.3, -0.25) is 9.59 Å². The summed E-state index contributed by atoms with van der Waals surface area (Å²) in [6, 6.07) is 14.8. The Morgan fingerprint density at radius 1 is 0.931 bits per heavy atom. The Morgan fingerprint density at radius 2 is 1.59 bits per heavy atom. The summed E-state index contributed by atoms with van der Waals surface area (Å²) in [5.74, 6) is 0.434. The maximum absolute atomic E-state index is 13.2. The highest BCUT2D eigenvalue weighted by atomic mass is 19.1. The molecule has 5 heteroatoms. The number of nitrogens with zero attached hydrogens (tertiary/aromatic N) is 2. The fraction of sp³-hybridized carbons (Fsp3) is 0.417. The number of piperidine rings is 1. The van der Waals surface area contributed by atoms with E-state index in [1.165, 1.54) is 17.7 Å². The quantitative estimate of drug-likeness (QED) is 0.771. The molecule has 5 rings (SSSR count). The monoisotopic (exact) mass is 392 g/mol. The minimum Gasteiger partial charge on any atom is -0.333 e. The average Bonchev–Trinajstić information content (AvgIpc) is 3.28. The third kappa shape index (κ3) is 3.33. The van der Waals surface area contributed by atoms with Gasteiger partial charge in [-0.25, -0.2) is 4.39 Å². The lowest BCUT2D eigenvalue weighted by atomic mass is 9.85. The minimum atomic E-state index is -0.205. The van der Waals surface area contributed by atoms with Crippen molar-refractivity contribution in [2.75, 3.05) is 11.4 Å². The van der Waals surface area contributed by atoms with Gasteiger partial charge in [0, 0.05) is 36.3 Å². The van der Waals surface area contributed by atoms with Crippen LogP contribution in [0.25, 0.3) is 0 Å². The SMILES string of the molecule is O=C1CCCN1c1ccc(C(=O)N2[C@@H]3CC[C@H]2C[C@@H](c2ccc(F)cc2)C3)cc1. The van der Waals surface area contributed by atoms with Crippen LogP contribution in [-0.4, -0.2) is 35.3 Å². The van der Waals surface area contributed by atoms with Gasteiger partial charge in [0.1, 0.15) is 5.82 Å². The Hall–Kier alpha value is -2.69. The van der Waals surface area contributed by atoms with Crippen molar-refractivity contribution in [2.45, 2.75) is 56.5 Å². The van der Waals surface area contributed by atoms with Crippen molar-refractivity contribution in [3.05, 3.63) is 65.5 Å². The van der Waals surface area contributed by atoms with Crippen molar-refractivity contribution in [1.82, 2.24) is 4.90 Å². The van der Waals surface area contributed by atoms with Crippen LogP contribution in [-0.2, 0) is 4.79 Å². The first kappa shape index (κ1) is 18.3. The van der Waals surface area contributed by atoms with Gasteiger partial charge >= 0.3 is 0 Å². The van der Waals surface area contributed by atoms with Crippen LogP contribution in [0.15, 0.2) is 48.5 Å². The van der Waals surface area contributed by atoms with Crippen LogP contribution in [0.3, 0.4) is 0 Å². The molecule has 2 aromatic carbocycles. The number of anilines is 1. The number of carbonyl (C=O) groups is 2. The Kier molecular flexibility index (Phi) is 4.61. The summed E-state index contributed by atoms with van der Waals surface area (Å²) in [6.45, 7) is 0.757. The molecule has 0 radical (unpaired) electrons. The van der Waals surface area contributed by atoms with Crippen molar-refractivity contribution >= 4 is 17.5 Å². The van der Waals surface area contributed by atoms with Crippen LogP contribution in [0, 0.1) is 5.82 Å². The Morgan fingerprint density at radius 3 is 2.17 bits per heavy atom. The number of amides is 2. The first-order valence-electron chi connectivity index (χ1n) is 10.6. The van der Waals surface area contributed by atoms with Gasteiger partial charge in [0.25, 0.3) is 5.91 Å². The first-order valence-corrected chi connectivity index (χ1v) is 10.6. The molecule has 0 saturated carbocycles. The van der Waals surface area contributed by atoms with Gasteiger partial charge in [-0.2, -0.15) is 0 Å². The highest BCUT2D eigenvalue weighted by molar-refractivity contribution is 5.98. The molecule has 0 aliphatic carbocycles. The number of carbonyl (C=O) groups excluding carboxylic acids is 2. The summed E-state index contributed by atoms with van der Waals surface area (Å²) in [5, 5.41) is 0.